The lowest BCUT2D eigenvalue weighted by molar-refractivity contribution is 0.165. The Morgan fingerprint density at radius 3 is 2.70 bits per heavy atom. The fraction of sp³-hybridized carbons (Fsp3) is 0.615. The summed E-state index contributed by atoms with van der Waals surface area (Å²) in [6.07, 6.45) is 2.82. The van der Waals surface area contributed by atoms with Crippen LogP contribution in [0.15, 0.2) is 12.4 Å². The lowest BCUT2D eigenvalue weighted by atomic mass is 10.2. The van der Waals surface area contributed by atoms with Crippen LogP contribution < -0.4 is 10.1 Å². The molecule has 0 saturated carbocycles. The predicted octanol–water partition coefficient (Wildman–Crippen LogP) is 1.22. The second kappa shape index (κ2) is 8.31. The number of aromatic nitrogens is 2. The SMILES string of the molecule is CCN(CCNC(=O)OC)C(C)c1nccnc1OC. The van der Waals surface area contributed by atoms with Crippen molar-refractivity contribution in [3.8, 4) is 5.88 Å². The number of nitrogens with zero attached hydrogens (tertiary/aromatic N) is 3. The topological polar surface area (TPSA) is 76.6 Å². The number of ether oxygens (including phenoxy) is 2. The van der Waals surface area contributed by atoms with E-state index in [2.05, 4.69) is 31.8 Å². The molecule has 1 heterocycles. The van der Waals surface area contributed by atoms with Crippen LogP contribution in [0.4, 0.5) is 4.79 Å². The van der Waals surface area contributed by atoms with Gasteiger partial charge in [0, 0.05) is 25.5 Å². The van der Waals surface area contributed by atoms with Crippen molar-refractivity contribution in [1.82, 2.24) is 20.2 Å². The normalized spacial score (nSPS) is 12.1. The molecule has 7 heteroatoms. The van der Waals surface area contributed by atoms with Crippen molar-refractivity contribution >= 4 is 6.09 Å². The summed E-state index contributed by atoms with van der Waals surface area (Å²) in [4.78, 5) is 21.7. The number of hydrogen-bond donors (Lipinski definition) is 1. The second-order valence-corrected chi connectivity index (χ2v) is 4.17. The number of hydrogen-bond acceptors (Lipinski definition) is 6. The van der Waals surface area contributed by atoms with Gasteiger partial charge in [-0.25, -0.2) is 9.78 Å². The molecule has 0 bridgehead atoms. The molecule has 0 radical (unpaired) electrons. The Labute approximate surface area is 119 Å². The highest BCUT2D eigenvalue weighted by atomic mass is 16.5. The first-order valence-corrected chi connectivity index (χ1v) is 6.54. The third-order valence-corrected chi connectivity index (χ3v) is 3.09. The zero-order valence-electron chi connectivity index (χ0n) is 12.4. The van der Waals surface area contributed by atoms with E-state index in [0.29, 0.717) is 19.0 Å². The van der Waals surface area contributed by atoms with Crippen LogP contribution in [0.25, 0.3) is 0 Å². The maximum atomic E-state index is 11.0. The van der Waals surface area contributed by atoms with E-state index in [9.17, 15) is 4.79 Å². The molecule has 0 spiro atoms. The fourth-order valence-corrected chi connectivity index (χ4v) is 1.95. The fourth-order valence-electron chi connectivity index (χ4n) is 1.95. The third kappa shape index (κ3) is 4.34. The van der Waals surface area contributed by atoms with Gasteiger partial charge in [0.15, 0.2) is 0 Å². The zero-order valence-corrected chi connectivity index (χ0v) is 12.4. The molecule has 0 fully saturated rings. The molecule has 0 aliphatic heterocycles. The molecular weight excluding hydrogens is 260 g/mol. The minimum absolute atomic E-state index is 0.0445. The van der Waals surface area contributed by atoms with E-state index >= 15 is 0 Å². The number of alkyl carbamates (subject to hydrolysis) is 1. The molecule has 1 amide bonds. The van der Waals surface area contributed by atoms with Gasteiger partial charge in [0.05, 0.1) is 20.3 Å². The molecule has 1 atom stereocenters. The Kier molecular flexibility index (Phi) is 6.72. The highest BCUT2D eigenvalue weighted by Crippen LogP contribution is 2.24. The molecule has 1 unspecified atom stereocenters. The molecule has 0 aromatic carbocycles. The number of nitrogens with one attached hydrogen (secondary N) is 1. The van der Waals surface area contributed by atoms with Gasteiger partial charge in [-0.05, 0) is 13.5 Å². The molecule has 20 heavy (non-hydrogen) atoms. The maximum Gasteiger partial charge on any atom is 0.406 e. The van der Waals surface area contributed by atoms with Gasteiger partial charge in [0.25, 0.3) is 0 Å². The summed E-state index contributed by atoms with van der Waals surface area (Å²) in [6, 6.07) is 0.0445. The molecule has 0 aliphatic rings. The Balaban J connectivity index is 2.66. The smallest absolute Gasteiger partial charge is 0.406 e. The van der Waals surface area contributed by atoms with Crippen LogP contribution >= 0.6 is 0 Å². The highest BCUT2D eigenvalue weighted by molar-refractivity contribution is 5.66. The quantitative estimate of drug-likeness (QED) is 0.810. The van der Waals surface area contributed by atoms with Crippen LogP contribution in [-0.4, -0.2) is 54.8 Å². The molecule has 1 aromatic rings. The average molecular weight is 282 g/mol. The minimum atomic E-state index is -0.425. The first-order chi connectivity index (χ1) is 9.63. The Morgan fingerprint density at radius 1 is 1.40 bits per heavy atom. The van der Waals surface area contributed by atoms with Gasteiger partial charge < -0.3 is 14.8 Å². The number of likely N-dealkylation sites (N-methyl/N-ethyl adjacent to an activating group) is 1. The van der Waals surface area contributed by atoms with E-state index in [4.69, 9.17) is 4.74 Å². The molecule has 1 rings (SSSR count). The number of methoxy groups -OCH3 is 2. The average Bonchev–Trinajstić information content (AvgIpc) is 2.50. The van der Waals surface area contributed by atoms with Crippen LogP contribution in [0.2, 0.25) is 0 Å². The largest absolute Gasteiger partial charge is 0.480 e. The van der Waals surface area contributed by atoms with Crippen molar-refractivity contribution in [2.45, 2.75) is 19.9 Å². The maximum absolute atomic E-state index is 11.0. The van der Waals surface area contributed by atoms with Gasteiger partial charge in [0.2, 0.25) is 5.88 Å². The van der Waals surface area contributed by atoms with Crippen LogP contribution in [0.5, 0.6) is 5.88 Å². The van der Waals surface area contributed by atoms with Crippen molar-refractivity contribution in [2.75, 3.05) is 33.9 Å². The summed E-state index contributed by atoms with van der Waals surface area (Å²) >= 11 is 0. The first-order valence-electron chi connectivity index (χ1n) is 6.54. The summed E-state index contributed by atoms with van der Waals surface area (Å²) in [5.74, 6) is 0.527. The molecule has 1 N–H and O–H groups in total. The van der Waals surface area contributed by atoms with Gasteiger partial charge in [-0.3, -0.25) is 9.88 Å². The third-order valence-electron chi connectivity index (χ3n) is 3.09. The lowest BCUT2D eigenvalue weighted by Crippen LogP contribution is -2.36. The van der Waals surface area contributed by atoms with Gasteiger partial charge in [-0.2, -0.15) is 0 Å². The van der Waals surface area contributed by atoms with E-state index in [-0.39, 0.29) is 6.04 Å². The van der Waals surface area contributed by atoms with Crippen LogP contribution in [0.1, 0.15) is 25.6 Å². The van der Waals surface area contributed by atoms with E-state index < -0.39 is 6.09 Å². The van der Waals surface area contributed by atoms with Crippen molar-refractivity contribution in [2.24, 2.45) is 0 Å². The van der Waals surface area contributed by atoms with E-state index in [1.54, 1.807) is 19.5 Å². The Hall–Kier alpha value is -1.89. The standard InChI is InChI=1S/C13H22N4O3/c1-5-17(9-8-16-13(18)20-4)10(2)11-12(19-3)15-7-6-14-11/h6-7,10H,5,8-9H2,1-4H3,(H,16,18). The van der Waals surface area contributed by atoms with Crippen molar-refractivity contribution < 1.29 is 14.3 Å². The van der Waals surface area contributed by atoms with E-state index in [1.165, 1.54) is 7.11 Å². The number of rotatable bonds is 7. The van der Waals surface area contributed by atoms with Gasteiger partial charge >= 0.3 is 6.09 Å². The highest BCUT2D eigenvalue weighted by Gasteiger charge is 2.20. The lowest BCUT2D eigenvalue weighted by Gasteiger charge is -2.27. The number of carbonyl (C=O) groups excluding carboxylic acids is 1. The number of amides is 1. The summed E-state index contributed by atoms with van der Waals surface area (Å²) in [6.45, 7) is 6.11. The monoisotopic (exact) mass is 282 g/mol. The summed E-state index contributed by atoms with van der Waals surface area (Å²) in [5.41, 5.74) is 0.787. The molecule has 1 aromatic heterocycles. The molecular formula is C13H22N4O3. The second-order valence-electron chi connectivity index (χ2n) is 4.17. The summed E-state index contributed by atoms with van der Waals surface area (Å²) in [7, 11) is 2.93. The van der Waals surface area contributed by atoms with E-state index in [1.807, 2.05) is 6.92 Å². The zero-order chi connectivity index (χ0) is 15.0. The van der Waals surface area contributed by atoms with Crippen molar-refractivity contribution in [1.29, 1.82) is 0 Å². The Morgan fingerprint density at radius 2 is 2.10 bits per heavy atom. The van der Waals surface area contributed by atoms with Gasteiger partial charge in [0.1, 0.15) is 5.69 Å². The minimum Gasteiger partial charge on any atom is -0.480 e. The molecule has 7 nitrogen and oxygen atoms in total. The molecule has 0 aliphatic carbocycles. The van der Waals surface area contributed by atoms with Crippen LogP contribution in [0, 0.1) is 0 Å². The molecule has 0 saturated heterocycles. The number of carbonyl (C=O) groups is 1. The van der Waals surface area contributed by atoms with Crippen molar-refractivity contribution in [3.05, 3.63) is 18.1 Å². The predicted molar refractivity (Wildman–Crippen MR) is 74.7 cm³/mol. The summed E-state index contributed by atoms with van der Waals surface area (Å²) < 4.78 is 9.77. The first kappa shape index (κ1) is 16.2. The summed E-state index contributed by atoms with van der Waals surface area (Å²) in [5, 5.41) is 2.66. The van der Waals surface area contributed by atoms with E-state index in [0.717, 1.165) is 12.2 Å². The van der Waals surface area contributed by atoms with Crippen molar-refractivity contribution in [3.63, 3.8) is 0 Å². The Bertz CT molecular complexity index is 428. The van der Waals surface area contributed by atoms with Gasteiger partial charge in [-0.15, -0.1) is 0 Å². The van der Waals surface area contributed by atoms with Gasteiger partial charge in [-0.1, -0.05) is 6.92 Å². The molecule has 112 valence electrons. The van der Waals surface area contributed by atoms with Crippen LogP contribution in [-0.2, 0) is 4.74 Å². The van der Waals surface area contributed by atoms with Crippen LogP contribution in [0.3, 0.4) is 0 Å².